The number of benzene rings is 2. The van der Waals surface area contributed by atoms with Gasteiger partial charge in [0.05, 0.1) is 19.3 Å². The predicted octanol–water partition coefficient (Wildman–Crippen LogP) is 3.88. The first-order chi connectivity index (χ1) is 15.0. The molecule has 2 saturated heterocycles. The number of rotatable bonds is 5. The van der Waals surface area contributed by atoms with Gasteiger partial charge in [-0.05, 0) is 48.0 Å². The molecule has 164 valence electrons. The van der Waals surface area contributed by atoms with Crippen LogP contribution in [0.15, 0.2) is 54.6 Å². The van der Waals surface area contributed by atoms with Crippen LogP contribution in [0.1, 0.15) is 25.3 Å². The summed E-state index contributed by atoms with van der Waals surface area (Å²) in [5.41, 5.74) is 2.87. The van der Waals surface area contributed by atoms with Crippen molar-refractivity contribution in [2.75, 3.05) is 23.8 Å². The van der Waals surface area contributed by atoms with E-state index >= 15 is 0 Å². The lowest BCUT2D eigenvalue weighted by atomic mass is 10.0. The average Bonchev–Trinajstić information content (AvgIpc) is 3.32. The van der Waals surface area contributed by atoms with Gasteiger partial charge in [-0.1, -0.05) is 44.2 Å². The molecule has 1 amide bonds. The topological polar surface area (TPSA) is 80.8 Å². The molecule has 31 heavy (non-hydrogen) atoms. The fraction of sp³-hybridized carbons (Fsp3) is 0.391. The standard InChI is InChI=1S/C23H27N3O4S/c1-14(2)15-8-10-17(11-9-15)24-22(31)26-18-12-28-21-19(13-29-20(18)21)30-23(27)25-16-6-4-3-5-7-16/h3-11,14,18-21H,12-13H2,1-2H3,(H,25,27)(H2,24,26,31). The molecule has 7 nitrogen and oxygen atoms in total. The second-order valence-corrected chi connectivity index (χ2v) is 8.42. The van der Waals surface area contributed by atoms with Gasteiger partial charge in [-0.25, -0.2) is 4.79 Å². The van der Waals surface area contributed by atoms with Gasteiger partial charge in [0.2, 0.25) is 0 Å². The number of ether oxygens (including phenoxy) is 3. The van der Waals surface area contributed by atoms with E-state index in [0.29, 0.717) is 23.3 Å². The second kappa shape index (κ2) is 9.64. The number of hydrogen-bond donors (Lipinski definition) is 3. The first kappa shape index (κ1) is 21.5. The minimum absolute atomic E-state index is 0.120. The molecule has 4 rings (SSSR count). The van der Waals surface area contributed by atoms with Crippen molar-refractivity contribution in [2.24, 2.45) is 0 Å². The lowest BCUT2D eigenvalue weighted by Gasteiger charge is -2.20. The fourth-order valence-corrected chi connectivity index (χ4v) is 4.05. The Morgan fingerprint density at radius 2 is 1.65 bits per heavy atom. The van der Waals surface area contributed by atoms with E-state index in [-0.39, 0.29) is 24.9 Å². The molecule has 4 atom stereocenters. The van der Waals surface area contributed by atoms with Gasteiger partial charge in [-0.15, -0.1) is 0 Å². The highest BCUT2D eigenvalue weighted by atomic mass is 32.1. The van der Waals surface area contributed by atoms with Gasteiger partial charge in [-0.3, -0.25) is 5.32 Å². The van der Waals surface area contributed by atoms with Crippen LogP contribution in [0.2, 0.25) is 0 Å². The van der Waals surface area contributed by atoms with Crippen LogP contribution in [-0.4, -0.2) is 48.8 Å². The third-order valence-electron chi connectivity index (χ3n) is 5.44. The molecule has 4 unspecified atom stereocenters. The number of thiocarbonyl (C=S) groups is 1. The molecule has 2 aliphatic rings. The minimum atomic E-state index is -0.525. The molecular formula is C23H27N3O4S. The van der Waals surface area contributed by atoms with Gasteiger partial charge in [0.15, 0.2) is 11.2 Å². The number of carbonyl (C=O) groups is 1. The molecule has 2 aromatic rings. The quantitative estimate of drug-likeness (QED) is 0.608. The number of para-hydroxylation sites is 1. The molecule has 0 aromatic heterocycles. The smallest absolute Gasteiger partial charge is 0.412 e. The lowest BCUT2D eigenvalue weighted by molar-refractivity contribution is 0.00880. The van der Waals surface area contributed by atoms with Crippen molar-refractivity contribution in [2.45, 2.75) is 44.1 Å². The van der Waals surface area contributed by atoms with Crippen LogP contribution in [0.5, 0.6) is 0 Å². The van der Waals surface area contributed by atoms with Crippen LogP contribution in [-0.2, 0) is 14.2 Å². The zero-order valence-corrected chi connectivity index (χ0v) is 18.4. The summed E-state index contributed by atoms with van der Waals surface area (Å²) in [5, 5.41) is 9.68. The number of anilines is 2. The van der Waals surface area contributed by atoms with Gasteiger partial charge < -0.3 is 24.8 Å². The Morgan fingerprint density at radius 3 is 2.35 bits per heavy atom. The summed E-state index contributed by atoms with van der Waals surface area (Å²) in [6.07, 6.45) is -1.56. The van der Waals surface area contributed by atoms with Gasteiger partial charge in [-0.2, -0.15) is 0 Å². The van der Waals surface area contributed by atoms with Crippen LogP contribution in [0, 0.1) is 0 Å². The van der Waals surface area contributed by atoms with Gasteiger partial charge in [0.1, 0.15) is 12.2 Å². The minimum Gasteiger partial charge on any atom is -0.441 e. The summed E-state index contributed by atoms with van der Waals surface area (Å²) in [5.74, 6) is 0.483. The van der Waals surface area contributed by atoms with Crippen molar-refractivity contribution < 1.29 is 19.0 Å². The Balaban J connectivity index is 1.26. The third kappa shape index (κ3) is 5.33. The first-order valence-electron chi connectivity index (χ1n) is 10.4. The van der Waals surface area contributed by atoms with Crippen LogP contribution in [0.3, 0.4) is 0 Å². The van der Waals surface area contributed by atoms with Crippen molar-refractivity contribution >= 4 is 34.8 Å². The molecule has 0 aliphatic carbocycles. The maximum absolute atomic E-state index is 12.2. The number of amides is 1. The van der Waals surface area contributed by atoms with Crippen LogP contribution in [0.4, 0.5) is 16.2 Å². The van der Waals surface area contributed by atoms with Crippen molar-refractivity contribution in [3.8, 4) is 0 Å². The van der Waals surface area contributed by atoms with E-state index in [1.54, 1.807) is 12.1 Å². The van der Waals surface area contributed by atoms with E-state index in [2.05, 4.69) is 41.9 Å². The third-order valence-corrected chi connectivity index (χ3v) is 5.66. The Hall–Kier alpha value is -2.68. The SMILES string of the molecule is CC(C)c1ccc(NC(=S)NC2COC3C(OC(=O)Nc4ccccc4)COC23)cc1. The Labute approximate surface area is 187 Å². The fourth-order valence-electron chi connectivity index (χ4n) is 3.78. The summed E-state index contributed by atoms with van der Waals surface area (Å²) in [6.45, 7) is 5.03. The zero-order chi connectivity index (χ0) is 21.8. The van der Waals surface area contributed by atoms with Crippen LogP contribution in [0.25, 0.3) is 0 Å². The van der Waals surface area contributed by atoms with E-state index < -0.39 is 12.2 Å². The van der Waals surface area contributed by atoms with E-state index in [0.717, 1.165) is 5.69 Å². The summed E-state index contributed by atoms with van der Waals surface area (Å²) >= 11 is 5.46. The highest BCUT2D eigenvalue weighted by Crippen LogP contribution is 2.29. The van der Waals surface area contributed by atoms with Crippen LogP contribution >= 0.6 is 12.2 Å². The molecule has 2 fully saturated rings. The molecule has 3 N–H and O–H groups in total. The molecule has 0 bridgehead atoms. The van der Waals surface area contributed by atoms with Crippen molar-refractivity contribution in [1.82, 2.24) is 5.32 Å². The molecule has 2 aliphatic heterocycles. The maximum Gasteiger partial charge on any atom is 0.412 e. The molecule has 0 radical (unpaired) electrons. The molecule has 0 saturated carbocycles. The number of fused-ring (bicyclic) bond motifs is 1. The van der Waals surface area contributed by atoms with E-state index in [4.69, 9.17) is 26.4 Å². The molecule has 2 aromatic carbocycles. The van der Waals surface area contributed by atoms with Gasteiger partial charge in [0, 0.05) is 11.4 Å². The van der Waals surface area contributed by atoms with E-state index in [9.17, 15) is 4.79 Å². The lowest BCUT2D eigenvalue weighted by Crippen LogP contribution is -2.46. The summed E-state index contributed by atoms with van der Waals surface area (Å²) < 4.78 is 17.3. The zero-order valence-electron chi connectivity index (χ0n) is 17.5. The molecule has 8 heteroatoms. The van der Waals surface area contributed by atoms with Crippen molar-refractivity contribution in [3.05, 3.63) is 60.2 Å². The van der Waals surface area contributed by atoms with Gasteiger partial charge in [0.25, 0.3) is 0 Å². The molecule has 2 heterocycles. The van der Waals surface area contributed by atoms with Crippen molar-refractivity contribution in [3.63, 3.8) is 0 Å². The first-order valence-corrected chi connectivity index (χ1v) is 10.8. The largest absolute Gasteiger partial charge is 0.441 e. The Kier molecular flexibility index (Phi) is 6.70. The molecule has 0 spiro atoms. The van der Waals surface area contributed by atoms with E-state index in [1.165, 1.54) is 5.56 Å². The summed E-state index contributed by atoms with van der Waals surface area (Å²) in [7, 11) is 0. The average molecular weight is 442 g/mol. The van der Waals surface area contributed by atoms with Crippen LogP contribution < -0.4 is 16.0 Å². The predicted molar refractivity (Wildman–Crippen MR) is 123 cm³/mol. The van der Waals surface area contributed by atoms with Gasteiger partial charge >= 0.3 is 6.09 Å². The Bertz CT molecular complexity index is 907. The highest BCUT2D eigenvalue weighted by Gasteiger charge is 2.49. The summed E-state index contributed by atoms with van der Waals surface area (Å²) in [6, 6.07) is 17.2. The normalized spacial score (nSPS) is 24.5. The number of hydrogen-bond acceptors (Lipinski definition) is 5. The highest BCUT2D eigenvalue weighted by molar-refractivity contribution is 7.80. The number of nitrogens with one attached hydrogen (secondary N) is 3. The van der Waals surface area contributed by atoms with E-state index in [1.807, 2.05) is 30.3 Å². The Morgan fingerprint density at radius 1 is 0.968 bits per heavy atom. The second-order valence-electron chi connectivity index (χ2n) is 8.01. The monoisotopic (exact) mass is 441 g/mol. The van der Waals surface area contributed by atoms with Crippen molar-refractivity contribution in [1.29, 1.82) is 0 Å². The number of carbonyl (C=O) groups excluding carboxylic acids is 1. The molecular weight excluding hydrogens is 414 g/mol. The summed E-state index contributed by atoms with van der Waals surface area (Å²) in [4.78, 5) is 12.2. The maximum atomic E-state index is 12.2.